The van der Waals surface area contributed by atoms with Gasteiger partial charge in [0.25, 0.3) is 0 Å². The SMILES string of the molecule is CC(O)C(=O)OC(C)C(=O)OC(C)C(=O)OC(C)C(=O)OCc1ccccc1.CC1OC(=O)C(C)OC1=O. The fraction of sp³-hybridized carbons (Fsp3) is 0.520. The van der Waals surface area contributed by atoms with Crippen molar-refractivity contribution in [1.29, 1.82) is 0 Å². The average molecular weight is 541 g/mol. The number of aliphatic hydroxyl groups excluding tert-OH is 1. The van der Waals surface area contributed by atoms with Crippen molar-refractivity contribution in [2.45, 2.75) is 84.8 Å². The predicted octanol–water partition coefficient (Wildman–Crippen LogP) is 0.769. The quantitative estimate of drug-likeness (QED) is 0.343. The number of aliphatic hydroxyl groups is 1. The monoisotopic (exact) mass is 540 g/mol. The second-order valence-corrected chi connectivity index (χ2v) is 8.16. The first kappa shape index (κ1) is 32.0. The van der Waals surface area contributed by atoms with E-state index < -0.39 is 72.4 Å². The van der Waals surface area contributed by atoms with Crippen LogP contribution in [0.3, 0.4) is 0 Å². The molecule has 0 aromatic heterocycles. The molecule has 0 spiro atoms. The van der Waals surface area contributed by atoms with Crippen molar-refractivity contribution in [1.82, 2.24) is 0 Å². The van der Waals surface area contributed by atoms with E-state index >= 15 is 0 Å². The summed E-state index contributed by atoms with van der Waals surface area (Å²) < 4.78 is 28.7. The molecule has 1 saturated heterocycles. The zero-order chi connectivity index (χ0) is 29.0. The van der Waals surface area contributed by atoms with Crippen molar-refractivity contribution in [2.75, 3.05) is 0 Å². The first-order valence-corrected chi connectivity index (χ1v) is 11.6. The molecular weight excluding hydrogens is 508 g/mol. The molecule has 1 aromatic rings. The number of esters is 6. The number of hydrogen-bond donors (Lipinski definition) is 1. The van der Waals surface area contributed by atoms with E-state index in [0.29, 0.717) is 0 Å². The Labute approximate surface area is 219 Å². The summed E-state index contributed by atoms with van der Waals surface area (Å²) in [6, 6.07) is 8.96. The van der Waals surface area contributed by atoms with Crippen LogP contribution in [0.15, 0.2) is 30.3 Å². The average Bonchev–Trinajstić information content (AvgIpc) is 2.86. The third-order valence-electron chi connectivity index (χ3n) is 4.69. The molecule has 0 saturated carbocycles. The topological polar surface area (TPSA) is 178 Å². The molecular formula is C25H32O13. The van der Waals surface area contributed by atoms with Gasteiger partial charge in [0.1, 0.15) is 12.7 Å². The maximum absolute atomic E-state index is 12.0. The largest absolute Gasteiger partial charge is 0.458 e. The van der Waals surface area contributed by atoms with E-state index in [4.69, 9.17) is 19.3 Å². The second-order valence-electron chi connectivity index (χ2n) is 8.16. The molecule has 0 amide bonds. The highest BCUT2D eigenvalue weighted by Gasteiger charge is 2.32. The summed E-state index contributed by atoms with van der Waals surface area (Å²) >= 11 is 0. The molecule has 6 atom stereocenters. The lowest BCUT2D eigenvalue weighted by molar-refractivity contribution is -0.191. The van der Waals surface area contributed by atoms with Crippen molar-refractivity contribution >= 4 is 35.8 Å². The first-order chi connectivity index (χ1) is 17.7. The van der Waals surface area contributed by atoms with Gasteiger partial charge in [0.2, 0.25) is 0 Å². The molecule has 210 valence electrons. The van der Waals surface area contributed by atoms with E-state index in [-0.39, 0.29) is 6.61 Å². The highest BCUT2D eigenvalue weighted by atomic mass is 16.7. The summed E-state index contributed by atoms with van der Waals surface area (Å²) in [6.45, 7) is 7.96. The van der Waals surface area contributed by atoms with E-state index in [2.05, 4.69) is 14.2 Å². The van der Waals surface area contributed by atoms with Crippen LogP contribution in [0.4, 0.5) is 0 Å². The van der Waals surface area contributed by atoms with Gasteiger partial charge in [0.15, 0.2) is 30.5 Å². The lowest BCUT2D eigenvalue weighted by atomic mass is 10.2. The van der Waals surface area contributed by atoms with Crippen LogP contribution < -0.4 is 0 Å². The van der Waals surface area contributed by atoms with E-state index in [0.717, 1.165) is 5.56 Å². The highest BCUT2D eigenvalue weighted by molar-refractivity contribution is 5.87. The van der Waals surface area contributed by atoms with Gasteiger partial charge in [-0.2, -0.15) is 0 Å². The fourth-order valence-electron chi connectivity index (χ4n) is 2.44. The molecule has 13 heteroatoms. The van der Waals surface area contributed by atoms with Gasteiger partial charge in [-0.3, -0.25) is 0 Å². The van der Waals surface area contributed by atoms with Gasteiger partial charge in [0, 0.05) is 0 Å². The molecule has 1 aliphatic rings. The maximum Gasteiger partial charge on any atom is 0.347 e. The van der Waals surface area contributed by atoms with Gasteiger partial charge in [0.05, 0.1) is 0 Å². The minimum absolute atomic E-state index is 0.0261. The maximum atomic E-state index is 12.0. The number of benzene rings is 1. The lowest BCUT2D eigenvalue weighted by Crippen LogP contribution is -2.40. The summed E-state index contributed by atoms with van der Waals surface area (Å²) in [7, 11) is 0. The molecule has 2 rings (SSSR count). The molecule has 1 fully saturated rings. The van der Waals surface area contributed by atoms with Crippen molar-refractivity contribution in [3.8, 4) is 0 Å². The number of cyclic esters (lactones) is 2. The smallest absolute Gasteiger partial charge is 0.347 e. The molecule has 0 aliphatic carbocycles. The van der Waals surface area contributed by atoms with Gasteiger partial charge in [-0.05, 0) is 47.1 Å². The molecule has 0 radical (unpaired) electrons. The predicted molar refractivity (Wildman–Crippen MR) is 126 cm³/mol. The van der Waals surface area contributed by atoms with E-state index in [1.54, 1.807) is 24.3 Å². The molecule has 13 nitrogen and oxygen atoms in total. The Balaban J connectivity index is 0.000000600. The van der Waals surface area contributed by atoms with E-state index in [9.17, 15) is 28.8 Å². The number of carbonyl (C=O) groups is 6. The van der Waals surface area contributed by atoms with Crippen LogP contribution in [0.1, 0.15) is 47.1 Å². The second kappa shape index (κ2) is 15.3. The molecule has 38 heavy (non-hydrogen) atoms. The zero-order valence-electron chi connectivity index (χ0n) is 21.9. The van der Waals surface area contributed by atoms with Crippen LogP contribution >= 0.6 is 0 Å². The minimum Gasteiger partial charge on any atom is -0.458 e. The Morgan fingerprint density at radius 1 is 0.737 bits per heavy atom. The van der Waals surface area contributed by atoms with E-state index in [1.807, 2.05) is 6.07 Å². The summed E-state index contributed by atoms with van der Waals surface area (Å²) in [4.78, 5) is 68.2. The Morgan fingerprint density at radius 2 is 1.13 bits per heavy atom. The first-order valence-electron chi connectivity index (χ1n) is 11.6. The Hall–Kier alpha value is -4.00. The standard InChI is InChI=1S/C19H24O9.C6H8O4/c1-11(20)16(21)26-13(3)18(23)28-14(4)19(24)27-12(2)17(22)25-10-15-8-6-5-7-9-15;1-3-5(7)10-4(2)6(8)9-3/h5-9,11-14,20H,10H2,1-4H3;3-4H,1-2H3. The van der Waals surface area contributed by atoms with Crippen molar-refractivity contribution in [2.24, 2.45) is 0 Å². The van der Waals surface area contributed by atoms with Crippen LogP contribution in [-0.2, 0) is 63.8 Å². The number of carbonyl (C=O) groups excluding carboxylic acids is 6. The van der Waals surface area contributed by atoms with Crippen LogP contribution in [0.2, 0.25) is 0 Å². The van der Waals surface area contributed by atoms with Crippen molar-refractivity contribution in [3.05, 3.63) is 35.9 Å². The van der Waals surface area contributed by atoms with Crippen LogP contribution in [0.5, 0.6) is 0 Å². The summed E-state index contributed by atoms with van der Waals surface area (Å²) in [5.74, 6) is -4.69. The molecule has 6 unspecified atom stereocenters. The van der Waals surface area contributed by atoms with Gasteiger partial charge < -0.3 is 33.5 Å². The van der Waals surface area contributed by atoms with Gasteiger partial charge >= 0.3 is 35.8 Å². The normalized spacial score (nSPS) is 19.6. The Kier molecular flexibility index (Phi) is 12.9. The van der Waals surface area contributed by atoms with Crippen LogP contribution in [0.25, 0.3) is 0 Å². The van der Waals surface area contributed by atoms with E-state index in [1.165, 1.54) is 41.5 Å². The third-order valence-corrected chi connectivity index (χ3v) is 4.69. The lowest BCUT2D eigenvalue weighted by Gasteiger charge is -2.22. The number of hydrogen-bond acceptors (Lipinski definition) is 13. The summed E-state index contributed by atoms with van der Waals surface area (Å²) in [6.07, 6.45) is -6.77. The molecule has 1 N–H and O–H groups in total. The number of rotatable bonds is 9. The minimum atomic E-state index is -1.40. The van der Waals surface area contributed by atoms with Gasteiger partial charge in [-0.1, -0.05) is 30.3 Å². The Bertz CT molecular complexity index is 968. The Morgan fingerprint density at radius 3 is 1.55 bits per heavy atom. The third kappa shape index (κ3) is 10.9. The fourth-order valence-corrected chi connectivity index (χ4v) is 2.44. The summed E-state index contributed by atoms with van der Waals surface area (Å²) in [5, 5.41) is 9.04. The number of ether oxygens (including phenoxy) is 6. The van der Waals surface area contributed by atoms with Gasteiger partial charge in [-0.15, -0.1) is 0 Å². The van der Waals surface area contributed by atoms with Crippen molar-refractivity contribution in [3.63, 3.8) is 0 Å². The molecule has 0 bridgehead atoms. The van der Waals surface area contributed by atoms with Crippen LogP contribution in [-0.4, -0.2) is 77.5 Å². The summed E-state index contributed by atoms with van der Waals surface area (Å²) in [5.41, 5.74) is 0.775. The van der Waals surface area contributed by atoms with Crippen molar-refractivity contribution < 1.29 is 62.3 Å². The molecule has 1 aromatic carbocycles. The zero-order valence-corrected chi connectivity index (χ0v) is 21.9. The van der Waals surface area contributed by atoms with Gasteiger partial charge in [-0.25, -0.2) is 28.8 Å². The molecule has 1 aliphatic heterocycles. The van der Waals surface area contributed by atoms with Crippen LogP contribution in [0, 0.1) is 0 Å². The molecule has 1 heterocycles. The highest BCUT2D eigenvalue weighted by Crippen LogP contribution is 2.09.